The molecule has 152 valence electrons. The van der Waals surface area contributed by atoms with Gasteiger partial charge in [0.2, 0.25) is 0 Å². The van der Waals surface area contributed by atoms with Crippen LogP contribution in [-0.4, -0.2) is 35.7 Å². The fraction of sp³-hybridized carbons (Fsp3) is 0.200. The first kappa shape index (κ1) is 20.5. The third-order valence-electron chi connectivity index (χ3n) is 4.26. The molecular formula is C20H14F5NO3. The second-order valence-electron chi connectivity index (χ2n) is 6.34. The van der Waals surface area contributed by atoms with E-state index in [1.54, 1.807) is 30.3 Å². The van der Waals surface area contributed by atoms with Crippen molar-refractivity contribution < 1.29 is 36.3 Å². The van der Waals surface area contributed by atoms with Gasteiger partial charge in [0, 0.05) is 12.1 Å². The molecule has 0 aromatic heterocycles. The van der Waals surface area contributed by atoms with Gasteiger partial charge in [0.05, 0.1) is 11.6 Å². The van der Waals surface area contributed by atoms with Gasteiger partial charge in [-0.2, -0.15) is 13.2 Å². The Kier molecular flexibility index (Phi) is 5.67. The largest absolute Gasteiger partial charge is 0.447 e. The van der Waals surface area contributed by atoms with Crippen molar-refractivity contribution in [1.29, 1.82) is 0 Å². The van der Waals surface area contributed by atoms with Crippen LogP contribution in [0.15, 0.2) is 54.6 Å². The molecule has 1 aliphatic heterocycles. The van der Waals surface area contributed by atoms with Crippen LogP contribution in [0.5, 0.6) is 0 Å². The Morgan fingerprint density at radius 3 is 2.31 bits per heavy atom. The van der Waals surface area contributed by atoms with Gasteiger partial charge < -0.3 is 4.74 Å². The third kappa shape index (κ3) is 4.79. The molecule has 2 aromatic carbocycles. The van der Waals surface area contributed by atoms with Gasteiger partial charge in [0.25, 0.3) is 5.91 Å². The molecule has 29 heavy (non-hydrogen) atoms. The zero-order chi connectivity index (χ0) is 21.2. The molecule has 0 aliphatic carbocycles. The number of allylic oxidation sites excluding steroid dienone is 1. The molecule has 2 aromatic rings. The third-order valence-corrected chi connectivity index (χ3v) is 4.26. The van der Waals surface area contributed by atoms with Gasteiger partial charge in [0.1, 0.15) is 18.2 Å². The Bertz CT molecular complexity index is 936. The topological polar surface area (TPSA) is 46.6 Å². The number of alkyl halides is 3. The number of ether oxygens (including phenoxy) is 1. The molecule has 1 fully saturated rings. The minimum Gasteiger partial charge on any atom is -0.447 e. The molecule has 1 saturated heterocycles. The normalized spacial score (nSPS) is 17.4. The van der Waals surface area contributed by atoms with Crippen LogP contribution in [0.4, 0.5) is 26.7 Å². The number of amides is 2. The summed E-state index contributed by atoms with van der Waals surface area (Å²) in [7, 11) is 0. The van der Waals surface area contributed by atoms with Crippen molar-refractivity contribution in [2.45, 2.75) is 18.6 Å². The molecule has 0 N–H and O–H groups in total. The van der Waals surface area contributed by atoms with Gasteiger partial charge >= 0.3 is 12.3 Å². The Morgan fingerprint density at radius 1 is 1.10 bits per heavy atom. The van der Waals surface area contributed by atoms with E-state index in [9.17, 15) is 31.5 Å². The summed E-state index contributed by atoms with van der Waals surface area (Å²) >= 11 is 0. The highest BCUT2D eigenvalue weighted by molar-refractivity contribution is 6.04. The first-order valence-electron chi connectivity index (χ1n) is 8.44. The number of hydrogen-bond acceptors (Lipinski definition) is 3. The summed E-state index contributed by atoms with van der Waals surface area (Å²) in [5, 5.41) is 0. The van der Waals surface area contributed by atoms with Crippen molar-refractivity contribution in [3.05, 3.63) is 77.4 Å². The average Bonchev–Trinajstić information content (AvgIpc) is 2.99. The summed E-state index contributed by atoms with van der Waals surface area (Å²) in [5.74, 6) is -3.75. The van der Waals surface area contributed by atoms with Crippen molar-refractivity contribution in [3.63, 3.8) is 0 Å². The standard InChI is InChI=1S/C20H14F5NO3/c21-14-7-13(8-15(22)9-14)17(20(23,24)25)10-18(27)26-16(11-29-19(26)28)6-12-4-2-1-3-5-12/h1-5,7-10,16H,6,11H2/b17-10+/t16-/m0/s1. The quantitative estimate of drug-likeness (QED) is 0.550. The Hall–Kier alpha value is -3.23. The smallest absolute Gasteiger partial charge is 0.417 e. The number of rotatable bonds is 4. The molecule has 1 aliphatic rings. The van der Waals surface area contributed by atoms with Gasteiger partial charge in [-0.15, -0.1) is 0 Å². The zero-order valence-electron chi connectivity index (χ0n) is 14.7. The molecule has 4 nitrogen and oxygen atoms in total. The minimum absolute atomic E-state index is 0.152. The number of hydrogen-bond donors (Lipinski definition) is 0. The number of nitrogens with zero attached hydrogens (tertiary/aromatic N) is 1. The summed E-state index contributed by atoms with van der Waals surface area (Å²) in [4.78, 5) is 25.0. The highest BCUT2D eigenvalue weighted by Gasteiger charge is 2.40. The van der Waals surface area contributed by atoms with Crippen LogP contribution < -0.4 is 0 Å². The van der Waals surface area contributed by atoms with E-state index in [1.165, 1.54) is 0 Å². The molecule has 0 unspecified atom stereocenters. The van der Waals surface area contributed by atoms with E-state index in [4.69, 9.17) is 4.74 Å². The molecule has 0 saturated carbocycles. The van der Waals surface area contributed by atoms with Crippen LogP contribution >= 0.6 is 0 Å². The molecule has 0 bridgehead atoms. The predicted molar refractivity (Wildman–Crippen MR) is 92.5 cm³/mol. The first-order valence-corrected chi connectivity index (χ1v) is 8.44. The lowest BCUT2D eigenvalue weighted by Crippen LogP contribution is -2.39. The highest BCUT2D eigenvalue weighted by atomic mass is 19.4. The fourth-order valence-electron chi connectivity index (χ4n) is 3.00. The number of carbonyl (C=O) groups excluding carboxylic acids is 2. The highest BCUT2D eigenvalue weighted by Crippen LogP contribution is 2.35. The Morgan fingerprint density at radius 2 is 1.72 bits per heavy atom. The summed E-state index contributed by atoms with van der Waals surface area (Å²) < 4.78 is 71.9. The lowest BCUT2D eigenvalue weighted by molar-refractivity contribution is -0.124. The van der Waals surface area contributed by atoms with Crippen molar-refractivity contribution in [2.75, 3.05) is 6.61 Å². The molecular weight excluding hydrogens is 397 g/mol. The maximum absolute atomic E-state index is 13.5. The van der Waals surface area contributed by atoms with Crippen LogP contribution in [0, 0.1) is 11.6 Å². The van der Waals surface area contributed by atoms with Crippen molar-refractivity contribution in [3.8, 4) is 0 Å². The SMILES string of the molecule is O=C(/C=C(\c1cc(F)cc(F)c1)C(F)(F)F)N1C(=O)OC[C@@H]1Cc1ccccc1. The van der Waals surface area contributed by atoms with Crippen LogP contribution in [0.3, 0.4) is 0 Å². The van der Waals surface area contributed by atoms with E-state index in [0.717, 1.165) is 5.56 Å². The van der Waals surface area contributed by atoms with E-state index in [2.05, 4.69) is 0 Å². The molecule has 9 heteroatoms. The van der Waals surface area contributed by atoms with E-state index >= 15 is 0 Å². The summed E-state index contributed by atoms with van der Waals surface area (Å²) in [6.07, 6.45) is -5.84. The predicted octanol–water partition coefficient (Wildman–Crippen LogP) is 4.50. The van der Waals surface area contributed by atoms with Gasteiger partial charge in [-0.05, 0) is 29.7 Å². The van der Waals surface area contributed by atoms with E-state index in [1.807, 2.05) is 0 Å². The molecule has 0 radical (unpaired) electrons. The second-order valence-corrected chi connectivity index (χ2v) is 6.34. The lowest BCUT2D eigenvalue weighted by atomic mass is 10.0. The summed E-state index contributed by atoms with van der Waals surface area (Å²) in [5.41, 5.74) is -1.68. The van der Waals surface area contributed by atoms with Gasteiger partial charge in [0.15, 0.2) is 0 Å². The molecule has 3 rings (SSSR count). The fourth-order valence-corrected chi connectivity index (χ4v) is 3.00. The molecule has 0 spiro atoms. The summed E-state index contributed by atoms with van der Waals surface area (Å²) in [6.45, 7) is -0.177. The number of halogens is 5. The zero-order valence-corrected chi connectivity index (χ0v) is 14.7. The Labute approximate surface area is 162 Å². The first-order chi connectivity index (χ1) is 13.6. The van der Waals surface area contributed by atoms with Crippen molar-refractivity contribution in [2.24, 2.45) is 0 Å². The van der Waals surface area contributed by atoms with Crippen LogP contribution in [0.2, 0.25) is 0 Å². The van der Waals surface area contributed by atoms with E-state index in [0.29, 0.717) is 23.1 Å². The van der Waals surface area contributed by atoms with Gasteiger partial charge in [-0.3, -0.25) is 4.79 Å². The number of cyclic esters (lactones) is 1. The minimum atomic E-state index is -5.09. The monoisotopic (exact) mass is 411 g/mol. The van der Waals surface area contributed by atoms with Crippen molar-refractivity contribution >= 4 is 17.6 Å². The van der Waals surface area contributed by atoms with Gasteiger partial charge in [-0.1, -0.05) is 30.3 Å². The van der Waals surface area contributed by atoms with Gasteiger partial charge in [-0.25, -0.2) is 18.5 Å². The van der Waals surface area contributed by atoms with E-state index < -0.39 is 47.0 Å². The molecule has 1 heterocycles. The van der Waals surface area contributed by atoms with E-state index in [-0.39, 0.29) is 19.1 Å². The van der Waals surface area contributed by atoms with Crippen LogP contribution in [-0.2, 0) is 16.0 Å². The lowest BCUT2D eigenvalue weighted by Gasteiger charge is -2.19. The Balaban J connectivity index is 1.94. The maximum atomic E-state index is 13.5. The average molecular weight is 411 g/mol. The number of benzene rings is 2. The summed E-state index contributed by atoms with van der Waals surface area (Å²) in [6, 6.07) is 9.21. The maximum Gasteiger partial charge on any atom is 0.417 e. The number of imide groups is 1. The van der Waals surface area contributed by atoms with Crippen LogP contribution in [0.1, 0.15) is 11.1 Å². The molecule has 1 atom stereocenters. The second kappa shape index (κ2) is 8.02. The van der Waals surface area contributed by atoms with Crippen LogP contribution in [0.25, 0.3) is 5.57 Å². The molecule has 2 amide bonds. The van der Waals surface area contributed by atoms with Crippen molar-refractivity contribution in [1.82, 2.24) is 4.90 Å². The number of carbonyl (C=O) groups is 2.